The Morgan fingerprint density at radius 3 is 2.69 bits per heavy atom. The third kappa shape index (κ3) is 4.16. The van der Waals surface area contributed by atoms with Crippen LogP contribution in [0.25, 0.3) is 0 Å². The fourth-order valence-electron chi connectivity index (χ4n) is 5.64. The van der Waals surface area contributed by atoms with Crippen LogP contribution in [0.1, 0.15) is 61.3 Å². The predicted octanol–water partition coefficient (Wildman–Crippen LogP) is 4.15. The van der Waals surface area contributed by atoms with Crippen molar-refractivity contribution in [2.75, 3.05) is 18.3 Å². The lowest BCUT2D eigenvalue weighted by atomic mass is 9.83. The second kappa shape index (κ2) is 9.82. The van der Waals surface area contributed by atoms with Crippen LogP contribution in [0, 0.1) is 11.8 Å². The van der Waals surface area contributed by atoms with E-state index in [1.165, 1.54) is 22.1 Å². The summed E-state index contributed by atoms with van der Waals surface area (Å²) in [6, 6.07) is 9.04. The van der Waals surface area contributed by atoms with E-state index in [9.17, 15) is 19.8 Å². The molecule has 2 N–H and O–H groups in total. The summed E-state index contributed by atoms with van der Waals surface area (Å²) in [6.07, 6.45) is 7.54. The normalized spacial score (nSPS) is 22.3. The molecule has 8 heteroatoms. The summed E-state index contributed by atoms with van der Waals surface area (Å²) in [5, 5.41) is 23.2. The first-order valence-electron chi connectivity index (χ1n) is 12.6. The molecule has 0 fully saturated rings. The molecule has 3 atom stereocenters. The second-order valence-corrected chi connectivity index (χ2v) is 11.3. The monoisotopic (exact) mass is 507 g/mol. The maximum Gasteiger partial charge on any atom is 0.278 e. The van der Waals surface area contributed by atoms with Crippen molar-refractivity contribution in [1.82, 2.24) is 9.58 Å². The van der Waals surface area contributed by atoms with E-state index in [2.05, 4.69) is 50.1 Å². The summed E-state index contributed by atoms with van der Waals surface area (Å²) >= 11 is 1.83. The quantitative estimate of drug-likeness (QED) is 0.633. The topological polar surface area (TPSA) is 86.0 Å². The van der Waals surface area contributed by atoms with Crippen molar-refractivity contribution in [3.05, 3.63) is 86.2 Å². The molecule has 1 aromatic carbocycles. The van der Waals surface area contributed by atoms with Gasteiger partial charge in [-0.2, -0.15) is 0 Å². The minimum atomic E-state index is -0.591. The van der Waals surface area contributed by atoms with Crippen molar-refractivity contribution in [3.63, 3.8) is 0 Å². The fourth-order valence-corrected chi connectivity index (χ4v) is 6.89. The van der Waals surface area contributed by atoms with Gasteiger partial charge < -0.3 is 15.1 Å². The van der Waals surface area contributed by atoms with Crippen molar-refractivity contribution < 1.29 is 15.0 Å². The third-order valence-corrected chi connectivity index (χ3v) is 8.52. The summed E-state index contributed by atoms with van der Waals surface area (Å²) in [5.74, 6) is 0.377. The molecule has 3 aliphatic rings. The number of amides is 1. The maximum atomic E-state index is 13.7. The van der Waals surface area contributed by atoms with Gasteiger partial charge in [-0.25, -0.2) is 0 Å². The van der Waals surface area contributed by atoms with Crippen LogP contribution in [0.15, 0.2) is 64.0 Å². The van der Waals surface area contributed by atoms with Gasteiger partial charge in [0.05, 0.1) is 18.7 Å². The number of thioether (sulfide) groups is 1. The number of hydrogen-bond acceptors (Lipinski definition) is 6. The van der Waals surface area contributed by atoms with Crippen LogP contribution < -0.4 is 10.4 Å². The van der Waals surface area contributed by atoms with E-state index in [4.69, 9.17) is 0 Å². The molecule has 1 aromatic heterocycles. The number of hydrogen-bond donors (Lipinski definition) is 2. The number of allylic oxidation sites excluding steroid dienone is 2. The molecular formula is C28H33N3O4S. The largest absolute Gasteiger partial charge is 0.502 e. The number of aliphatic hydroxyl groups excluding tert-OH is 1. The first-order valence-corrected chi connectivity index (χ1v) is 13.5. The molecule has 0 saturated carbocycles. The lowest BCUT2D eigenvalue weighted by Gasteiger charge is -2.47. The first kappa shape index (κ1) is 24.7. The molecule has 0 bridgehead atoms. The van der Waals surface area contributed by atoms with Gasteiger partial charge in [-0.1, -0.05) is 57.2 Å². The summed E-state index contributed by atoms with van der Waals surface area (Å²) in [6.45, 7) is 6.36. The number of benzene rings is 1. The Bertz CT molecular complexity index is 1300. The van der Waals surface area contributed by atoms with Gasteiger partial charge in [0.25, 0.3) is 5.91 Å². The Hall–Kier alpha value is -2.97. The molecule has 2 aromatic rings. The van der Waals surface area contributed by atoms with Gasteiger partial charge in [0.1, 0.15) is 6.67 Å². The molecule has 1 aliphatic carbocycles. The summed E-state index contributed by atoms with van der Waals surface area (Å²) in [4.78, 5) is 29.0. The van der Waals surface area contributed by atoms with Gasteiger partial charge in [-0.3, -0.25) is 19.3 Å². The van der Waals surface area contributed by atoms with E-state index in [0.717, 1.165) is 17.7 Å². The van der Waals surface area contributed by atoms with Crippen LogP contribution >= 0.6 is 11.8 Å². The summed E-state index contributed by atoms with van der Waals surface area (Å²) in [5.41, 5.74) is 3.01. The highest BCUT2D eigenvalue weighted by Gasteiger charge is 2.42. The number of aliphatic hydroxyl groups is 1. The van der Waals surface area contributed by atoms with E-state index >= 15 is 0 Å². The van der Waals surface area contributed by atoms with E-state index in [1.807, 2.05) is 23.9 Å². The number of carbonyl (C=O) groups excluding carboxylic acids is 1. The van der Waals surface area contributed by atoms with Gasteiger partial charge in [-0.15, -0.1) is 11.8 Å². The predicted molar refractivity (Wildman–Crippen MR) is 142 cm³/mol. The van der Waals surface area contributed by atoms with E-state index in [0.29, 0.717) is 6.42 Å². The maximum absolute atomic E-state index is 13.7. The molecule has 0 spiro atoms. The van der Waals surface area contributed by atoms with Crippen LogP contribution in [0.5, 0.6) is 5.75 Å². The molecule has 2 aliphatic heterocycles. The highest BCUT2D eigenvalue weighted by atomic mass is 32.2. The highest BCUT2D eigenvalue weighted by molar-refractivity contribution is 8.02. The number of aromatic nitrogens is 1. The Balaban J connectivity index is 1.74. The zero-order valence-electron chi connectivity index (χ0n) is 20.9. The number of aromatic hydroxyl groups is 1. The van der Waals surface area contributed by atoms with Gasteiger partial charge in [0, 0.05) is 22.9 Å². The molecular weight excluding hydrogens is 474 g/mol. The Morgan fingerprint density at radius 1 is 1.17 bits per heavy atom. The lowest BCUT2D eigenvalue weighted by Crippen LogP contribution is -2.59. The SMILES string of the molecule is CC(C)C[C@H](CO)N1CN(C2C3=C(C=CCC3C)SCc3ccccc32)n2ccc(=O)c(O)c2C1=O. The van der Waals surface area contributed by atoms with Crippen LogP contribution in [-0.2, 0) is 5.75 Å². The number of pyridine rings is 1. The zero-order chi connectivity index (χ0) is 25.6. The average molecular weight is 508 g/mol. The number of fused-ring (bicyclic) bond motifs is 2. The Morgan fingerprint density at radius 2 is 1.94 bits per heavy atom. The second-order valence-electron chi connectivity index (χ2n) is 10.3. The minimum Gasteiger partial charge on any atom is -0.502 e. The molecule has 1 amide bonds. The lowest BCUT2D eigenvalue weighted by molar-refractivity contribution is 0.0458. The number of nitrogens with zero attached hydrogens (tertiary/aromatic N) is 3. The smallest absolute Gasteiger partial charge is 0.278 e. The first-order chi connectivity index (χ1) is 17.3. The molecule has 0 saturated heterocycles. The Labute approximate surface area is 215 Å². The van der Waals surface area contributed by atoms with Crippen molar-refractivity contribution in [2.45, 2.75) is 51.4 Å². The van der Waals surface area contributed by atoms with E-state index in [1.54, 1.807) is 15.8 Å². The third-order valence-electron chi connectivity index (χ3n) is 7.39. The molecule has 3 heterocycles. The van der Waals surface area contributed by atoms with Gasteiger partial charge in [-0.05, 0) is 41.4 Å². The van der Waals surface area contributed by atoms with E-state index in [-0.39, 0.29) is 36.8 Å². The van der Waals surface area contributed by atoms with Gasteiger partial charge in [0.15, 0.2) is 11.4 Å². The van der Waals surface area contributed by atoms with Crippen molar-refractivity contribution in [3.8, 4) is 5.75 Å². The molecule has 2 unspecified atom stereocenters. The number of carbonyl (C=O) groups is 1. The zero-order valence-corrected chi connectivity index (χ0v) is 21.7. The highest BCUT2D eigenvalue weighted by Crippen LogP contribution is 2.47. The van der Waals surface area contributed by atoms with Crippen molar-refractivity contribution in [1.29, 1.82) is 0 Å². The molecule has 7 nitrogen and oxygen atoms in total. The van der Waals surface area contributed by atoms with E-state index < -0.39 is 23.1 Å². The minimum absolute atomic E-state index is 0.0495. The summed E-state index contributed by atoms with van der Waals surface area (Å²) in [7, 11) is 0. The van der Waals surface area contributed by atoms with Crippen molar-refractivity contribution in [2.24, 2.45) is 11.8 Å². The standard InChI is InChI=1S/C28H33N3O4S/c1-17(2)13-20(14-32)29-16-31(30-12-11-22(33)27(34)26(30)28(29)35)25-21-9-5-4-8-19(21)15-36-23-10-6-7-18(3)24(23)25/h4-6,8-12,17-18,20,25,32,34H,7,13-16H2,1-3H3/t18?,20-,25?/m1/s1. The molecule has 190 valence electrons. The fraction of sp³-hybridized carbons (Fsp3) is 0.429. The molecule has 5 rings (SSSR count). The molecule has 0 radical (unpaired) electrons. The van der Waals surface area contributed by atoms with Crippen molar-refractivity contribution >= 4 is 17.7 Å². The van der Waals surface area contributed by atoms with Crippen LogP contribution in [0.3, 0.4) is 0 Å². The Kier molecular flexibility index (Phi) is 6.74. The summed E-state index contributed by atoms with van der Waals surface area (Å²) < 4.78 is 1.66. The average Bonchev–Trinajstić information content (AvgIpc) is 3.03. The van der Waals surface area contributed by atoms with Crippen LogP contribution in [-0.4, -0.2) is 45.0 Å². The van der Waals surface area contributed by atoms with Crippen LogP contribution in [0.4, 0.5) is 0 Å². The van der Waals surface area contributed by atoms with Crippen LogP contribution in [0.2, 0.25) is 0 Å². The molecule has 36 heavy (non-hydrogen) atoms. The van der Waals surface area contributed by atoms with Gasteiger partial charge in [0.2, 0.25) is 5.43 Å². The van der Waals surface area contributed by atoms with Gasteiger partial charge >= 0.3 is 0 Å². The number of rotatable bonds is 5.